The Balaban J connectivity index is 1.47. The smallest absolute Gasteiger partial charge is 0.263 e. The highest BCUT2D eigenvalue weighted by Gasteiger charge is 2.40. The molecular weight excluding hydrogens is 376 g/mol. The largest absolute Gasteiger partial charge is 0.375 e. The van der Waals surface area contributed by atoms with E-state index in [9.17, 15) is 4.79 Å². The van der Waals surface area contributed by atoms with E-state index in [2.05, 4.69) is 10.3 Å². The first-order valence-corrected chi connectivity index (χ1v) is 10.7. The number of carbonyl (C=O) groups is 1. The van der Waals surface area contributed by atoms with Gasteiger partial charge in [0.2, 0.25) is 0 Å². The lowest BCUT2D eigenvalue weighted by atomic mass is 9.89. The van der Waals surface area contributed by atoms with Gasteiger partial charge in [-0.15, -0.1) is 22.7 Å². The summed E-state index contributed by atoms with van der Waals surface area (Å²) in [5, 5.41) is 4.09. The summed E-state index contributed by atoms with van der Waals surface area (Å²) in [7, 11) is 0. The van der Waals surface area contributed by atoms with Crippen LogP contribution in [-0.4, -0.2) is 29.1 Å². The lowest BCUT2D eigenvalue weighted by Gasteiger charge is -2.38. The van der Waals surface area contributed by atoms with Gasteiger partial charge < -0.3 is 10.1 Å². The number of nitrogens with zero attached hydrogens (tertiary/aromatic N) is 1. The molecule has 3 heterocycles. The highest BCUT2D eigenvalue weighted by Crippen LogP contribution is 2.40. The van der Waals surface area contributed by atoms with Crippen molar-refractivity contribution in [2.45, 2.75) is 57.1 Å². The molecule has 2 aromatic heterocycles. The zero-order valence-corrected chi connectivity index (χ0v) is 16.5. The van der Waals surface area contributed by atoms with Gasteiger partial charge in [0.25, 0.3) is 5.91 Å². The summed E-state index contributed by atoms with van der Waals surface area (Å²) in [5.74, 6) is -0.0102. The topological polar surface area (TPSA) is 51.2 Å². The summed E-state index contributed by atoms with van der Waals surface area (Å²) in [6.45, 7) is 2.64. The fourth-order valence-electron chi connectivity index (χ4n) is 3.91. The molecule has 4 nitrogen and oxygen atoms in total. The third-order valence-corrected chi connectivity index (χ3v) is 7.69. The lowest BCUT2D eigenvalue weighted by molar-refractivity contribution is -0.0823. The molecule has 0 unspecified atom stereocenters. The van der Waals surface area contributed by atoms with Crippen LogP contribution in [-0.2, 0) is 4.74 Å². The van der Waals surface area contributed by atoms with Crippen molar-refractivity contribution in [2.75, 3.05) is 6.61 Å². The Bertz CT molecular complexity index is 780. The second kappa shape index (κ2) is 6.99. The van der Waals surface area contributed by atoms with E-state index in [0.29, 0.717) is 4.88 Å². The van der Waals surface area contributed by atoms with Crippen LogP contribution in [0, 0.1) is 6.92 Å². The van der Waals surface area contributed by atoms with E-state index < -0.39 is 0 Å². The molecule has 134 valence electrons. The van der Waals surface area contributed by atoms with Crippen LogP contribution in [0.1, 0.15) is 53.9 Å². The maximum Gasteiger partial charge on any atom is 0.263 e. The normalized spacial score (nSPS) is 22.4. The van der Waals surface area contributed by atoms with Gasteiger partial charge in [0.1, 0.15) is 9.88 Å². The number of amides is 1. The summed E-state index contributed by atoms with van der Waals surface area (Å²) in [6.07, 6.45) is 6.55. The number of hydrogen-bond acceptors (Lipinski definition) is 5. The number of aryl methyl sites for hydroxylation is 1. The van der Waals surface area contributed by atoms with Gasteiger partial charge in [-0.05, 0) is 44.7 Å². The summed E-state index contributed by atoms with van der Waals surface area (Å²) >= 11 is 8.94. The third kappa shape index (κ3) is 3.63. The molecule has 4 rings (SSSR count). The molecule has 0 bridgehead atoms. The minimum absolute atomic E-state index is 0.0102. The Kier molecular flexibility index (Phi) is 4.88. The van der Waals surface area contributed by atoms with E-state index in [0.717, 1.165) is 52.2 Å². The number of carbonyl (C=O) groups excluding carboxylic acids is 1. The molecule has 2 aliphatic rings. The molecule has 1 atom stereocenters. The van der Waals surface area contributed by atoms with Gasteiger partial charge in [-0.1, -0.05) is 24.4 Å². The minimum atomic E-state index is -0.0102. The van der Waals surface area contributed by atoms with E-state index >= 15 is 0 Å². The molecular formula is C18H21ClN2O2S2. The van der Waals surface area contributed by atoms with Gasteiger partial charge in [-0.3, -0.25) is 4.79 Å². The first kappa shape index (κ1) is 17.5. The van der Waals surface area contributed by atoms with Crippen molar-refractivity contribution in [1.82, 2.24) is 10.3 Å². The molecule has 1 aliphatic carbocycles. The zero-order valence-electron chi connectivity index (χ0n) is 14.1. The fraction of sp³-hybridized carbons (Fsp3) is 0.556. The van der Waals surface area contributed by atoms with Crippen molar-refractivity contribution in [2.24, 2.45) is 0 Å². The van der Waals surface area contributed by atoms with Crippen LogP contribution in [0.5, 0.6) is 0 Å². The quantitative estimate of drug-likeness (QED) is 0.789. The van der Waals surface area contributed by atoms with E-state index in [1.807, 2.05) is 19.1 Å². The van der Waals surface area contributed by atoms with Crippen molar-refractivity contribution in [3.8, 4) is 9.88 Å². The van der Waals surface area contributed by atoms with Crippen LogP contribution in [0.2, 0.25) is 4.34 Å². The molecule has 1 amide bonds. The van der Waals surface area contributed by atoms with Crippen molar-refractivity contribution >= 4 is 40.2 Å². The van der Waals surface area contributed by atoms with E-state index in [-0.39, 0.29) is 17.6 Å². The van der Waals surface area contributed by atoms with Gasteiger partial charge in [0.15, 0.2) is 0 Å². The fourth-order valence-corrected chi connectivity index (χ4v) is 5.98. The van der Waals surface area contributed by atoms with Crippen molar-refractivity contribution in [3.63, 3.8) is 0 Å². The predicted octanol–water partition coefficient (Wildman–Crippen LogP) is 5.06. The zero-order chi connectivity index (χ0) is 17.4. The number of thiophene rings is 1. The maximum atomic E-state index is 12.8. The number of nitrogens with one attached hydrogen (secondary N) is 1. The third-order valence-electron chi connectivity index (χ3n) is 5.13. The number of thiazole rings is 1. The molecule has 0 aromatic carbocycles. The van der Waals surface area contributed by atoms with Gasteiger partial charge in [0.05, 0.1) is 20.5 Å². The second-order valence-corrected chi connectivity index (χ2v) is 9.65. The number of ether oxygens (including phenoxy) is 1. The minimum Gasteiger partial charge on any atom is -0.375 e. The van der Waals surface area contributed by atoms with E-state index in [1.54, 1.807) is 0 Å². The summed E-state index contributed by atoms with van der Waals surface area (Å²) in [6, 6.07) is 4.01. The first-order chi connectivity index (χ1) is 12.0. The van der Waals surface area contributed by atoms with Crippen molar-refractivity contribution in [1.29, 1.82) is 0 Å². The maximum absolute atomic E-state index is 12.8. The van der Waals surface area contributed by atoms with Crippen LogP contribution >= 0.6 is 34.3 Å². The number of aromatic nitrogens is 1. The molecule has 2 aromatic rings. The van der Waals surface area contributed by atoms with Crippen molar-refractivity contribution < 1.29 is 9.53 Å². The van der Waals surface area contributed by atoms with Gasteiger partial charge in [0, 0.05) is 12.6 Å². The highest BCUT2D eigenvalue weighted by molar-refractivity contribution is 7.24. The van der Waals surface area contributed by atoms with Crippen molar-refractivity contribution in [3.05, 3.63) is 27.0 Å². The lowest BCUT2D eigenvalue weighted by Crippen LogP contribution is -2.47. The Labute approximate surface area is 160 Å². The van der Waals surface area contributed by atoms with E-state index in [4.69, 9.17) is 16.3 Å². The van der Waals surface area contributed by atoms with Gasteiger partial charge in [-0.25, -0.2) is 4.98 Å². The molecule has 1 saturated carbocycles. The van der Waals surface area contributed by atoms with Gasteiger partial charge in [-0.2, -0.15) is 0 Å². The Hall–Kier alpha value is -0.950. The summed E-state index contributed by atoms with van der Waals surface area (Å²) in [5.41, 5.74) is 0.794. The average molecular weight is 397 g/mol. The predicted molar refractivity (Wildman–Crippen MR) is 103 cm³/mol. The molecule has 0 radical (unpaired) electrons. The highest BCUT2D eigenvalue weighted by atomic mass is 35.5. The van der Waals surface area contributed by atoms with Gasteiger partial charge >= 0.3 is 0 Å². The van der Waals surface area contributed by atoms with Crippen LogP contribution in [0.15, 0.2) is 12.1 Å². The standard InChI is InChI=1S/C18H21ClN2O2S2/c1-11-15(25-17(20-11)13-4-5-14(19)24-13)16(22)21-12-6-9-23-18(10-12)7-2-3-8-18/h4-5,12H,2-3,6-10H2,1H3,(H,21,22)/t12-/m0/s1. The van der Waals surface area contributed by atoms with Crippen LogP contribution in [0.3, 0.4) is 0 Å². The van der Waals surface area contributed by atoms with E-state index in [1.165, 1.54) is 35.5 Å². The molecule has 25 heavy (non-hydrogen) atoms. The molecule has 1 aliphatic heterocycles. The Morgan fingerprint density at radius 2 is 2.16 bits per heavy atom. The second-order valence-electron chi connectivity index (χ2n) is 6.94. The number of rotatable bonds is 3. The molecule has 1 spiro atoms. The molecule has 2 fully saturated rings. The molecule has 1 saturated heterocycles. The molecule has 1 N–H and O–H groups in total. The molecule has 7 heteroatoms. The monoisotopic (exact) mass is 396 g/mol. The Morgan fingerprint density at radius 1 is 1.36 bits per heavy atom. The Morgan fingerprint density at radius 3 is 2.88 bits per heavy atom. The van der Waals surface area contributed by atoms with Crippen LogP contribution in [0.25, 0.3) is 9.88 Å². The summed E-state index contributed by atoms with van der Waals surface area (Å²) < 4.78 is 6.79. The number of halogens is 1. The first-order valence-electron chi connectivity index (χ1n) is 8.73. The number of hydrogen-bond donors (Lipinski definition) is 1. The SMILES string of the molecule is Cc1nc(-c2ccc(Cl)s2)sc1C(=O)N[C@H]1CCOC2(CCCC2)C1. The van der Waals surface area contributed by atoms with Crippen LogP contribution in [0.4, 0.5) is 0 Å². The summed E-state index contributed by atoms with van der Waals surface area (Å²) in [4.78, 5) is 19.1. The van der Waals surface area contributed by atoms with Crippen LogP contribution < -0.4 is 5.32 Å². The average Bonchev–Trinajstić information content (AvgIpc) is 3.28.